The molecule has 1 fully saturated rings. The zero-order valence-corrected chi connectivity index (χ0v) is 34.0. The van der Waals surface area contributed by atoms with Crippen molar-refractivity contribution >= 4 is 5.91 Å². The summed E-state index contributed by atoms with van der Waals surface area (Å²) in [6, 6.07) is -1.18. The SMILES string of the molecule is CCCCCCCCCCC/C=C/CC/C=C/CCCC(O)C(O)C(COC1OC(CO)C(O)C(O)C1O)NC(=O)C(O)CCCCCCCCCCC. The van der Waals surface area contributed by atoms with Gasteiger partial charge in [0.05, 0.1) is 25.4 Å². The predicted molar refractivity (Wildman–Crippen MR) is 215 cm³/mol. The number of rotatable bonds is 35. The Morgan fingerprint density at radius 2 is 1.11 bits per heavy atom. The molecule has 1 heterocycles. The van der Waals surface area contributed by atoms with Crippen LogP contribution in [0.4, 0.5) is 0 Å². The summed E-state index contributed by atoms with van der Waals surface area (Å²) in [6.45, 7) is 3.37. The van der Waals surface area contributed by atoms with E-state index in [1.54, 1.807) is 0 Å². The van der Waals surface area contributed by atoms with Crippen LogP contribution in [-0.2, 0) is 14.3 Å². The van der Waals surface area contributed by atoms with Gasteiger partial charge in [-0.1, -0.05) is 147 Å². The van der Waals surface area contributed by atoms with E-state index in [4.69, 9.17) is 9.47 Å². The number of nitrogens with one attached hydrogen (secondary N) is 1. The minimum atomic E-state index is -1.67. The molecule has 11 heteroatoms. The van der Waals surface area contributed by atoms with Crippen LogP contribution in [0.1, 0.15) is 174 Å². The van der Waals surface area contributed by atoms with Crippen LogP contribution in [0.5, 0.6) is 0 Å². The van der Waals surface area contributed by atoms with Crippen molar-refractivity contribution in [3.8, 4) is 0 Å². The molecular formula is C43H81NO10. The molecule has 1 amide bonds. The number of amides is 1. The van der Waals surface area contributed by atoms with Gasteiger partial charge < -0.3 is 50.5 Å². The minimum absolute atomic E-state index is 0.248. The molecule has 0 spiro atoms. The van der Waals surface area contributed by atoms with Gasteiger partial charge in [-0.25, -0.2) is 0 Å². The number of allylic oxidation sites excluding steroid dienone is 4. The third-order valence-electron chi connectivity index (χ3n) is 10.5. The van der Waals surface area contributed by atoms with E-state index in [2.05, 4.69) is 43.5 Å². The van der Waals surface area contributed by atoms with Crippen molar-refractivity contribution in [3.05, 3.63) is 24.3 Å². The molecule has 1 rings (SSSR count). The van der Waals surface area contributed by atoms with Gasteiger partial charge in [0.2, 0.25) is 5.91 Å². The predicted octanol–water partition coefficient (Wildman–Crippen LogP) is 6.28. The van der Waals surface area contributed by atoms with Gasteiger partial charge in [0, 0.05) is 0 Å². The number of hydrogen-bond acceptors (Lipinski definition) is 10. The number of aliphatic hydroxyl groups excluding tert-OH is 7. The Kier molecular flexibility index (Phi) is 31.6. The van der Waals surface area contributed by atoms with Crippen LogP contribution in [0.2, 0.25) is 0 Å². The van der Waals surface area contributed by atoms with Crippen LogP contribution in [-0.4, -0.2) is 110 Å². The van der Waals surface area contributed by atoms with Crippen molar-refractivity contribution in [1.29, 1.82) is 0 Å². The Balaban J connectivity index is 2.51. The Morgan fingerprint density at radius 3 is 1.65 bits per heavy atom. The van der Waals surface area contributed by atoms with E-state index in [1.165, 1.54) is 89.9 Å². The fourth-order valence-corrected chi connectivity index (χ4v) is 6.81. The lowest BCUT2D eigenvalue weighted by Crippen LogP contribution is -2.60. The molecule has 54 heavy (non-hydrogen) atoms. The van der Waals surface area contributed by atoms with Gasteiger partial charge in [-0.15, -0.1) is 0 Å². The summed E-state index contributed by atoms with van der Waals surface area (Å²) in [5.74, 6) is -0.714. The smallest absolute Gasteiger partial charge is 0.249 e. The molecule has 1 saturated heterocycles. The third kappa shape index (κ3) is 23.6. The first-order valence-corrected chi connectivity index (χ1v) is 21.7. The van der Waals surface area contributed by atoms with E-state index in [0.29, 0.717) is 19.3 Å². The number of hydrogen-bond donors (Lipinski definition) is 8. The zero-order valence-electron chi connectivity index (χ0n) is 34.0. The zero-order chi connectivity index (χ0) is 39.8. The molecule has 9 atom stereocenters. The lowest BCUT2D eigenvalue weighted by Gasteiger charge is -2.40. The van der Waals surface area contributed by atoms with E-state index in [-0.39, 0.29) is 12.8 Å². The van der Waals surface area contributed by atoms with E-state index in [9.17, 15) is 40.5 Å². The Hall–Kier alpha value is -1.41. The maximum Gasteiger partial charge on any atom is 0.249 e. The Morgan fingerprint density at radius 1 is 0.630 bits per heavy atom. The molecule has 1 aliphatic heterocycles. The summed E-state index contributed by atoms with van der Waals surface area (Å²) in [7, 11) is 0. The van der Waals surface area contributed by atoms with E-state index in [1.807, 2.05) is 0 Å². The van der Waals surface area contributed by atoms with Gasteiger partial charge in [-0.2, -0.15) is 0 Å². The molecule has 0 aromatic carbocycles. The number of aliphatic hydroxyl groups is 7. The van der Waals surface area contributed by atoms with Gasteiger partial charge in [-0.05, 0) is 51.4 Å². The highest BCUT2D eigenvalue weighted by molar-refractivity contribution is 5.80. The van der Waals surface area contributed by atoms with Crippen LogP contribution in [0, 0.1) is 0 Å². The molecule has 0 saturated carbocycles. The van der Waals surface area contributed by atoms with Gasteiger partial charge >= 0.3 is 0 Å². The number of carbonyl (C=O) groups excluding carboxylic acids is 1. The monoisotopic (exact) mass is 772 g/mol. The average Bonchev–Trinajstić information content (AvgIpc) is 3.17. The average molecular weight is 772 g/mol. The number of unbranched alkanes of at least 4 members (excludes halogenated alkanes) is 19. The van der Waals surface area contributed by atoms with Crippen LogP contribution < -0.4 is 5.32 Å². The summed E-state index contributed by atoms with van der Waals surface area (Å²) in [5, 5.41) is 75.3. The van der Waals surface area contributed by atoms with E-state index >= 15 is 0 Å². The maximum atomic E-state index is 13.0. The molecule has 0 bridgehead atoms. The van der Waals surface area contributed by atoms with Crippen LogP contribution in [0.3, 0.4) is 0 Å². The third-order valence-corrected chi connectivity index (χ3v) is 10.5. The highest BCUT2D eigenvalue weighted by atomic mass is 16.7. The first kappa shape index (κ1) is 50.6. The first-order chi connectivity index (χ1) is 26.2. The fourth-order valence-electron chi connectivity index (χ4n) is 6.81. The summed E-state index contributed by atoms with van der Waals surface area (Å²) >= 11 is 0. The summed E-state index contributed by atoms with van der Waals surface area (Å²) in [6.07, 6.45) is 23.9. The Bertz CT molecular complexity index is 934. The highest BCUT2D eigenvalue weighted by Gasteiger charge is 2.44. The maximum absolute atomic E-state index is 13.0. The van der Waals surface area contributed by atoms with E-state index in [0.717, 1.165) is 38.5 Å². The van der Waals surface area contributed by atoms with Crippen LogP contribution in [0.25, 0.3) is 0 Å². The number of ether oxygens (including phenoxy) is 2. The van der Waals surface area contributed by atoms with Crippen molar-refractivity contribution in [3.63, 3.8) is 0 Å². The molecule has 0 aliphatic carbocycles. The van der Waals surface area contributed by atoms with Gasteiger partial charge in [0.1, 0.15) is 36.6 Å². The molecular weight excluding hydrogens is 690 g/mol. The largest absolute Gasteiger partial charge is 0.394 e. The van der Waals surface area contributed by atoms with Crippen LogP contribution in [0.15, 0.2) is 24.3 Å². The summed E-state index contributed by atoms with van der Waals surface area (Å²) in [5.41, 5.74) is 0. The van der Waals surface area contributed by atoms with Gasteiger partial charge in [0.15, 0.2) is 6.29 Å². The molecule has 0 aromatic heterocycles. The van der Waals surface area contributed by atoms with Crippen LogP contribution >= 0.6 is 0 Å². The minimum Gasteiger partial charge on any atom is -0.394 e. The molecule has 9 unspecified atom stereocenters. The second-order valence-electron chi connectivity index (χ2n) is 15.4. The van der Waals surface area contributed by atoms with Crippen molar-refractivity contribution in [2.45, 2.75) is 229 Å². The van der Waals surface area contributed by atoms with E-state index < -0.39 is 74.2 Å². The molecule has 8 N–H and O–H groups in total. The highest BCUT2D eigenvalue weighted by Crippen LogP contribution is 2.23. The fraction of sp³-hybridized carbons (Fsp3) is 0.884. The molecule has 11 nitrogen and oxygen atoms in total. The quantitative estimate of drug-likeness (QED) is 0.0269. The molecule has 0 aromatic rings. The molecule has 318 valence electrons. The lowest BCUT2D eigenvalue weighted by molar-refractivity contribution is -0.303. The Labute approximate surface area is 327 Å². The standard InChI is InChI=1S/C43H81NO10/c1-3-5-7-9-11-13-14-15-16-17-18-19-20-21-23-24-26-28-30-35(46)38(48)34(33-53-43-41(51)40(50)39(49)37(32-45)54-43)44-42(52)36(47)31-29-27-25-22-12-10-8-6-4-2/h18-19,23-24,34-41,43,45-51H,3-17,20-22,25-33H2,1-2H3,(H,44,52)/b19-18+,24-23+. The van der Waals surface area contributed by atoms with Crippen molar-refractivity contribution in [1.82, 2.24) is 5.32 Å². The summed E-state index contributed by atoms with van der Waals surface area (Å²) < 4.78 is 11.0. The van der Waals surface area contributed by atoms with Gasteiger partial charge in [-0.3, -0.25) is 4.79 Å². The topological polar surface area (TPSA) is 189 Å². The van der Waals surface area contributed by atoms with Crippen molar-refractivity contribution in [2.24, 2.45) is 0 Å². The molecule has 1 aliphatic rings. The van der Waals surface area contributed by atoms with Crippen molar-refractivity contribution < 1.29 is 50.0 Å². The lowest BCUT2D eigenvalue weighted by atomic mass is 9.98. The van der Waals surface area contributed by atoms with Crippen molar-refractivity contribution in [2.75, 3.05) is 13.2 Å². The number of carbonyl (C=O) groups is 1. The second-order valence-corrected chi connectivity index (χ2v) is 15.4. The second kappa shape index (κ2) is 33.7. The first-order valence-electron chi connectivity index (χ1n) is 21.7. The van der Waals surface area contributed by atoms with Gasteiger partial charge in [0.25, 0.3) is 0 Å². The summed E-state index contributed by atoms with van der Waals surface area (Å²) in [4.78, 5) is 13.0. The normalized spacial score (nSPS) is 22.9. The molecule has 0 radical (unpaired) electrons.